The number of methoxy groups -OCH3 is 1. The summed E-state index contributed by atoms with van der Waals surface area (Å²) in [5.74, 6) is 1.63. The van der Waals surface area contributed by atoms with Gasteiger partial charge in [0.2, 0.25) is 5.91 Å². The molecule has 0 unspecified atom stereocenters. The van der Waals surface area contributed by atoms with Crippen LogP contribution >= 0.6 is 0 Å². The smallest absolute Gasteiger partial charge is 0.227 e. The van der Waals surface area contributed by atoms with Crippen LogP contribution in [-0.2, 0) is 11.2 Å². The molecule has 0 radical (unpaired) electrons. The molecule has 0 atom stereocenters. The number of carbonyl (C=O) groups excluding carboxylic acids is 2. The second-order valence-electron chi connectivity index (χ2n) is 7.43. The fourth-order valence-corrected chi connectivity index (χ4v) is 3.85. The lowest BCUT2D eigenvalue weighted by atomic mass is 9.96. The number of piperidine rings is 1. The van der Waals surface area contributed by atoms with E-state index < -0.39 is 0 Å². The zero-order chi connectivity index (χ0) is 20.4. The quantitative estimate of drug-likeness (QED) is 0.614. The third-order valence-corrected chi connectivity index (χ3v) is 5.54. The maximum atomic E-state index is 12.8. The minimum absolute atomic E-state index is 0.0273. The van der Waals surface area contributed by atoms with Crippen molar-refractivity contribution in [2.45, 2.75) is 32.1 Å². The van der Waals surface area contributed by atoms with Gasteiger partial charge in [-0.3, -0.25) is 9.59 Å². The van der Waals surface area contributed by atoms with Crippen LogP contribution in [-0.4, -0.2) is 41.8 Å². The maximum Gasteiger partial charge on any atom is 0.227 e. The van der Waals surface area contributed by atoms with E-state index in [1.165, 1.54) is 6.92 Å². The molecule has 0 bridgehead atoms. The van der Waals surface area contributed by atoms with Crippen molar-refractivity contribution in [1.82, 2.24) is 9.88 Å². The minimum Gasteiger partial charge on any atom is -0.496 e. The first kappa shape index (κ1) is 19.2. The number of carbonyl (C=O) groups is 2. The van der Waals surface area contributed by atoms with Crippen LogP contribution in [0, 0.1) is 0 Å². The van der Waals surface area contributed by atoms with E-state index in [9.17, 15) is 9.59 Å². The Morgan fingerprint density at radius 2 is 1.93 bits per heavy atom. The Hall–Kier alpha value is -3.15. The first-order valence-corrected chi connectivity index (χ1v) is 9.86. The lowest BCUT2D eigenvalue weighted by Gasteiger charge is -2.31. The number of oxazole rings is 1. The molecule has 0 aliphatic carbocycles. The molecule has 6 heteroatoms. The number of fused-ring (bicyclic) bond motifs is 1. The zero-order valence-corrected chi connectivity index (χ0v) is 16.7. The molecule has 150 valence electrons. The van der Waals surface area contributed by atoms with E-state index in [1.54, 1.807) is 25.3 Å². The molecular formula is C23H24N2O4. The van der Waals surface area contributed by atoms with Crippen molar-refractivity contribution in [3.8, 4) is 5.75 Å². The van der Waals surface area contributed by atoms with Gasteiger partial charge in [0.1, 0.15) is 11.3 Å². The van der Waals surface area contributed by atoms with Gasteiger partial charge < -0.3 is 14.1 Å². The van der Waals surface area contributed by atoms with Crippen LogP contribution in [0.25, 0.3) is 11.1 Å². The number of rotatable bonds is 5. The fraction of sp³-hybridized carbons (Fsp3) is 0.348. The number of likely N-dealkylation sites (tertiary alicyclic amines) is 1. The number of amides is 1. The Kier molecular flexibility index (Phi) is 5.34. The van der Waals surface area contributed by atoms with Crippen molar-refractivity contribution in [3.63, 3.8) is 0 Å². The third-order valence-electron chi connectivity index (χ3n) is 5.54. The van der Waals surface area contributed by atoms with Crippen molar-refractivity contribution in [2.75, 3.05) is 20.2 Å². The second-order valence-corrected chi connectivity index (χ2v) is 7.43. The van der Waals surface area contributed by atoms with E-state index in [2.05, 4.69) is 4.98 Å². The van der Waals surface area contributed by atoms with Crippen LogP contribution in [0.1, 0.15) is 47.5 Å². The number of ether oxygens (including phenoxy) is 1. The maximum absolute atomic E-state index is 12.8. The molecule has 1 amide bonds. The van der Waals surface area contributed by atoms with Crippen LogP contribution in [0.4, 0.5) is 0 Å². The van der Waals surface area contributed by atoms with Crippen molar-refractivity contribution in [1.29, 1.82) is 0 Å². The van der Waals surface area contributed by atoms with Gasteiger partial charge in [0.25, 0.3) is 0 Å². The number of nitrogens with zero attached hydrogens (tertiary/aromatic N) is 2. The van der Waals surface area contributed by atoms with Gasteiger partial charge in [-0.05, 0) is 50.1 Å². The van der Waals surface area contributed by atoms with Gasteiger partial charge in [-0.25, -0.2) is 4.98 Å². The highest BCUT2D eigenvalue weighted by Crippen LogP contribution is 2.30. The van der Waals surface area contributed by atoms with Gasteiger partial charge in [-0.15, -0.1) is 0 Å². The van der Waals surface area contributed by atoms with Crippen molar-refractivity contribution in [3.05, 3.63) is 59.5 Å². The van der Waals surface area contributed by atoms with Gasteiger partial charge in [0.05, 0.1) is 13.5 Å². The van der Waals surface area contributed by atoms with Crippen molar-refractivity contribution in [2.24, 2.45) is 0 Å². The number of ketones is 1. The van der Waals surface area contributed by atoms with Gasteiger partial charge >= 0.3 is 0 Å². The molecule has 4 rings (SSSR count). The molecule has 0 spiro atoms. The number of benzene rings is 2. The molecule has 2 aromatic carbocycles. The third kappa shape index (κ3) is 4.01. The summed E-state index contributed by atoms with van der Waals surface area (Å²) >= 11 is 0. The molecule has 6 nitrogen and oxygen atoms in total. The van der Waals surface area contributed by atoms with Gasteiger partial charge in [-0.2, -0.15) is 0 Å². The molecule has 0 N–H and O–H groups in total. The summed E-state index contributed by atoms with van der Waals surface area (Å²) in [6, 6.07) is 13.0. The number of Topliss-reactive ketones (excluding diaryl/α,β-unsaturated/α-hetero) is 1. The molecule has 0 saturated carbocycles. The summed E-state index contributed by atoms with van der Waals surface area (Å²) in [6.07, 6.45) is 1.87. The average molecular weight is 392 g/mol. The number of hydrogen-bond acceptors (Lipinski definition) is 5. The van der Waals surface area contributed by atoms with Crippen molar-refractivity contribution < 1.29 is 18.7 Å². The first-order valence-electron chi connectivity index (χ1n) is 9.86. The van der Waals surface area contributed by atoms with Gasteiger partial charge in [-0.1, -0.05) is 12.1 Å². The standard InChI is InChI=1S/C23H24N2O4/c1-15(26)17-7-8-20(28-2)18(13-17)14-22(27)25-11-9-16(10-12-25)23-24-19-5-3-4-6-21(19)29-23/h3-8,13,16H,9-12,14H2,1-2H3. The lowest BCUT2D eigenvalue weighted by molar-refractivity contribution is -0.131. The molecule has 1 fully saturated rings. The molecule has 29 heavy (non-hydrogen) atoms. The summed E-state index contributed by atoms with van der Waals surface area (Å²) in [5.41, 5.74) is 3.01. The summed E-state index contributed by atoms with van der Waals surface area (Å²) < 4.78 is 11.3. The van der Waals surface area contributed by atoms with Crippen LogP contribution in [0.3, 0.4) is 0 Å². The second kappa shape index (κ2) is 8.07. The highest BCUT2D eigenvalue weighted by Gasteiger charge is 2.27. The monoisotopic (exact) mass is 392 g/mol. The van der Waals surface area contributed by atoms with E-state index >= 15 is 0 Å². The largest absolute Gasteiger partial charge is 0.496 e. The van der Waals surface area contributed by atoms with E-state index in [0.717, 1.165) is 35.4 Å². The number of hydrogen-bond donors (Lipinski definition) is 0. The molecule has 1 aliphatic heterocycles. The van der Waals surface area contributed by atoms with Crippen LogP contribution in [0.15, 0.2) is 46.9 Å². The Balaban J connectivity index is 1.41. The topological polar surface area (TPSA) is 72.6 Å². The Morgan fingerprint density at radius 3 is 2.62 bits per heavy atom. The van der Waals surface area contributed by atoms with E-state index in [1.807, 2.05) is 29.2 Å². The summed E-state index contributed by atoms with van der Waals surface area (Å²) in [7, 11) is 1.57. The van der Waals surface area contributed by atoms with Crippen LogP contribution in [0.5, 0.6) is 5.75 Å². The molecule has 1 aromatic heterocycles. The molecular weight excluding hydrogens is 368 g/mol. The van der Waals surface area contributed by atoms with Gasteiger partial charge in [0, 0.05) is 30.1 Å². The van der Waals surface area contributed by atoms with Gasteiger partial charge in [0.15, 0.2) is 17.3 Å². The molecule has 2 heterocycles. The SMILES string of the molecule is COc1ccc(C(C)=O)cc1CC(=O)N1CCC(c2nc3ccccc3o2)CC1. The Morgan fingerprint density at radius 1 is 1.17 bits per heavy atom. The van der Waals surface area contributed by atoms with E-state index in [-0.39, 0.29) is 24.0 Å². The van der Waals surface area contributed by atoms with Crippen LogP contribution < -0.4 is 4.74 Å². The Labute approximate surface area is 169 Å². The summed E-state index contributed by atoms with van der Waals surface area (Å²) in [4.78, 5) is 31.0. The predicted molar refractivity (Wildman–Crippen MR) is 109 cm³/mol. The predicted octanol–water partition coefficient (Wildman–Crippen LogP) is 3.99. The highest BCUT2D eigenvalue weighted by atomic mass is 16.5. The Bertz CT molecular complexity index is 1010. The first-order chi connectivity index (χ1) is 14.0. The zero-order valence-electron chi connectivity index (χ0n) is 16.7. The average Bonchev–Trinajstić information content (AvgIpc) is 3.18. The number of para-hydroxylation sites is 2. The molecule has 3 aromatic rings. The van der Waals surface area contributed by atoms with Crippen molar-refractivity contribution >= 4 is 22.8 Å². The fourth-order valence-electron chi connectivity index (χ4n) is 3.85. The summed E-state index contributed by atoms with van der Waals surface area (Å²) in [5, 5.41) is 0. The lowest BCUT2D eigenvalue weighted by Crippen LogP contribution is -2.38. The highest BCUT2D eigenvalue weighted by molar-refractivity contribution is 5.94. The molecule has 1 aliphatic rings. The molecule has 1 saturated heterocycles. The minimum atomic E-state index is -0.0273. The summed E-state index contributed by atoms with van der Waals surface area (Å²) in [6.45, 7) is 2.85. The van der Waals surface area contributed by atoms with E-state index in [0.29, 0.717) is 24.4 Å². The normalized spacial score (nSPS) is 14.9. The van der Waals surface area contributed by atoms with E-state index in [4.69, 9.17) is 9.15 Å². The number of aromatic nitrogens is 1. The van der Waals surface area contributed by atoms with Crippen LogP contribution in [0.2, 0.25) is 0 Å².